The average Bonchev–Trinajstić information content (AvgIpc) is 2.23. The molecule has 2 heteroatoms. The number of rotatable bonds is 5. The molecule has 0 N–H and O–H groups in total. The summed E-state index contributed by atoms with van der Waals surface area (Å²) in [7, 11) is 1.69. The smallest absolute Gasteiger partial charge is 0.122 e. The highest BCUT2D eigenvalue weighted by Gasteiger charge is 2.05. The van der Waals surface area contributed by atoms with Crippen LogP contribution in [0.25, 0.3) is 0 Å². The van der Waals surface area contributed by atoms with E-state index in [1.807, 2.05) is 26.0 Å². The third-order valence-corrected chi connectivity index (χ3v) is 2.45. The van der Waals surface area contributed by atoms with Crippen molar-refractivity contribution in [1.29, 1.82) is 0 Å². The van der Waals surface area contributed by atoms with Gasteiger partial charge in [0.15, 0.2) is 0 Å². The normalized spacial score (nSPS) is 10.1. The van der Waals surface area contributed by atoms with Crippen molar-refractivity contribution in [3.63, 3.8) is 0 Å². The van der Waals surface area contributed by atoms with E-state index >= 15 is 0 Å². The second kappa shape index (κ2) is 5.64. The largest absolute Gasteiger partial charge is 0.496 e. The van der Waals surface area contributed by atoms with Gasteiger partial charge in [-0.2, -0.15) is 0 Å². The third-order valence-electron chi connectivity index (χ3n) is 2.45. The van der Waals surface area contributed by atoms with Crippen molar-refractivity contribution in [1.82, 2.24) is 0 Å². The summed E-state index contributed by atoms with van der Waals surface area (Å²) in [6.45, 7) is 7.03. The van der Waals surface area contributed by atoms with E-state index in [-0.39, 0.29) is 0 Å². The Morgan fingerprint density at radius 3 is 2.27 bits per heavy atom. The molecule has 0 saturated heterocycles. The predicted molar refractivity (Wildman–Crippen MR) is 62.9 cm³/mol. The molecule has 1 aromatic carbocycles. The maximum Gasteiger partial charge on any atom is 0.122 e. The molecular formula is C13H20O2. The van der Waals surface area contributed by atoms with Crippen LogP contribution in [0.4, 0.5) is 0 Å². The van der Waals surface area contributed by atoms with Crippen LogP contribution in [0.15, 0.2) is 12.1 Å². The van der Waals surface area contributed by atoms with Crippen molar-refractivity contribution >= 4 is 0 Å². The summed E-state index contributed by atoms with van der Waals surface area (Å²) in [6.07, 6.45) is 2.26. The van der Waals surface area contributed by atoms with E-state index in [0.717, 1.165) is 42.1 Å². The number of hydrogen-bond acceptors (Lipinski definition) is 2. The maximum absolute atomic E-state index is 5.70. The number of methoxy groups -OCH3 is 1. The first-order chi connectivity index (χ1) is 7.19. The maximum atomic E-state index is 5.70. The molecule has 1 aromatic rings. The van der Waals surface area contributed by atoms with E-state index in [0.29, 0.717) is 0 Å². The molecule has 0 spiro atoms. The highest BCUT2D eigenvalue weighted by atomic mass is 16.5. The van der Waals surface area contributed by atoms with E-state index < -0.39 is 0 Å². The second-order valence-electron chi connectivity index (χ2n) is 3.79. The average molecular weight is 208 g/mol. The number of unbranched alkanes of at least 4 members (excludes halogenated alkanes) is 1. The molecule has 0 atom stereocenters. The minimum atomic E-state index is 0.795. The van der Waals surface area contributed by atoms with Gasteiger partial charge in [0.1, 0.15) is 11.5 Å². The first-order valence-electron chi connectivity index (χ1n) is 5.47. The molecule has 0 saturated carbocycles. The summed E-state index contributed by atoms with van der Waals surface area (Å²) in [5.41, 5.74) is 2.25. The molecule has 0 aliphatic heterocycles. The van der Waals surface area contributed by atoms with Crippen LogP contribution in [-0.2, 0) is 0 Å². The number of hydrogen-bond donors (Lipinski definition) is 0. The zero-order valence-electron chi connectivity index (χ0n) is 10.1. The highest BCUT2D eigenvalue weighted by Crippen LogP contribution is 2.27. The lowest BCUT2D eigenvalue weighted by Crippen LogP contribution is -1.99. The zero-order chi connectivity index (χ0) is 11.3. The summed E-state index contributed by atoms with van der Waals surface area (Å²) < 4.78 is 11.0. The minimum Gasteiger partial charge on any atom is -0.496 e. The van der Waals surface area contributed by atoms with Gasteiger partial charge in [-0.15, -0.1) is 0 Å². The summed E-state index contributed by atoms with van der Waals surface area (Å²) >= 11 is 0. The minimum absolute atomic E-state index is 0.795. The van der Waals surface area contributed by atoms with Crippen LogP contribution >= 0.6 is 0 Å². The monoisotopic (exact) mass is 208 g/mol. The standard InChI is InChI=1S/C13H20O2/c1-5-6-7-15-13-9-10(2)12(14-4)8-11(13)3/h8-9H,5-7H2,1-4H3. The predicted octanol–water partition coefficient (Wildman–Crippen LogP) is 3.49. The molecule has 2 nitrogen and oxygen atoms in total. The highest BCUT2D eigenvalue weighted by molar-refractivity contribution is 5.45. The van der Waals surface area contributed by atoms with E-state index in [4.69, 9.17) is 9.47 Å². The van der Waals surface area contributed by atoms with E-state index in [1.54, 1.807) is 7.11 Å². The van der Waals surface area contributed by atoms with E-state index in [1.165, 1.54) is 0 Å². The quantitative estimate of drug-likeness (QED) is 0.690. The van der Waals surface area contributed by atoms with E-state index in [2.05, 4.69) is 6.92 Å². The van der Waals surface area contributed by atoms with Crippen molar-refractivity contribution < 1.29 is 9.47 Å². The van der Waals surface area contributed by atoms with Gasteiger partial charge in [-0.05, 0) is 43.5 Å². The third kappa shape index (κ3) is 3.15. The first kappa shape index (κ1) is 11.9. The van der Waals surface area contributed by atoms with Crippen LogP contribution in [0.5, 0.6) is 11.5 Å². The summed E-state index contributed by atoms with van der Waals surface area (Å²) in [6, 6.07) is 4.07. The molecule has 0 unspecified atom stereocenters. The Kier molecular flexibility index (Phi) is 4.47. The van der Waals surface area contributed by atoms with Crippen molar-refractivity contribution in [3.8, 4) is 11.5 Å². The summed E-state index contributed by atoms with van der Waals surface area (Å²) in [5, 5.41) is 0. The molecule has 0 aromatic heterocycles. The van der Waals surface area contributed by atoms with Gasteiger partial charge in [0, 0.05) is 0 Å². The Morgan fingerprint density at radius 1 is 1.07 bits per heavy atom. The van der Waals surface area contributed by atoms with Crippen molar-refractivity contribution in [2.45, 2.75) is 33.6 Å². The molecule has 0 aliphatic carbocycles. The molecule has 0 aliphatic rings. The van der Waals surface area contributed by atoms with Gasteiger partial charge in [-0.1, -0.05) is 13.3 Å². The van der Waals surface area contributed by atoms with Gasteiger partial charge in [-0.25, -0.2) is 0 Å². The van der Waals surface area contributed by atoms with Gasteiger partial charge >= 0.3 is 0 Å². The molecular weight excluding hydrogens is 188 g/mol. The van der Waals surface area contributed by atoms with Crippen molar-refractivity contribution in [2.75, 3.05) is 13.7 Å². The first-order valence-corrected chi connectivity index (χ1v) is 5.47. The van der Waals surface area contributed by atoms with Crippen LogP contribution in [0.2, 0.25) is 0 Å². The Balaban J connectivity index is 2.76. The fourth-order valence-electron chi connectivity index (χ4n) is 1.47. The molecule has 0 amide bonds. The Bertz CT molecular complexity index is 319. The summed E-state index contributed by atoms with van der Waals surface area (Å²) in [4.78, 5) is 0. The number of ether oxygens (including phenoxy) is 2. The van der Waals surface area contributed by atoms with Gasteiger partial charge in [0.25, 0.3) is 0 Å². The second-order valence-corrected chi connectivity index (χ2v) is 3.79. The van der Waals surface area contributed by atoms with Crippen LogP contribution < -0.4 is 9.47 Å². The van der Waals surface area contributed by atoms with Gasteiger partial charge in [0.2, 0.25) is 0 Å². The summed E-state index contributed by atoms with van der Waals surface area (Å²) in [5.74, 6) is 1.90. The molecule has 15 heavy (non-hydrogen) atoms. The molecule has 0 radical (unpaired) electrons. The molecule has 0 bridgehead atoms. The van der Waals surface area contributed by atoms with Gasteiger partial charge in [-0.3, -0.25) is 0 Å². The Hall–Kier alpha value is -1.18. The van der Waals surface area contributed by atoms with Gasteiger partial charge < -0.3 is 9.47 Å². The topological polar surface area (TPSA) is 18.5 Å². The van der Waals surface area contributed by atoms with E-state index in [9.17, 15) is 0 Å². The van der Waals surface area contributed by atoms with Crippen LogP contribution in [0, 0.1) is 13.8 Å². The lowest BCUT2D eigenvalue weighted by molar-refractivity contribution is 0.306. The molecule has 0 heterocycles. The lowest BCUT2D eigenvalue weighted by Gasteiger charge is -2.12. The van der Waals surface area contributed by atoms with Crippen LogP contribution in [0.3, 0.4) is 0 Å². The molecule has 84 valence electrons. The fourth-order valence-corrected chi connectivity index (χ4v) is 1.47. The van der Waals surface area contributed by atoms with Crippen molar-refractivity contribution in [3.05, 3.63) is 23.3 Å². The lowest BCUT2D eigenvalue weighted by atomic mass is 10.1. The fraction of sp³-hybridized carbons (Fsp3) is 0.538. The Morgan fingerprint density at radius 2 is 1.67 bits per heavy atom. The van der Waals surface area contributed by atoms with Crippen LogP contribution in [-0.4, -0.2) is 13.7 Å². The number of benzene rings is 1. The Labute approximate surface area is 92.2 Å². The van der Waals surface area contributed by atoms with Crippen molar-refractivity contribution in [2.24, 2.45) is 0 Å². The molecule has 0 fully saturated rings. The van der Waals surface area contributed by atoms with Gasteiger partial charge in [0.05, 0.1) is 13.7 Å². The number of aryl methyl sites for hydroxylation is 2. The van der Waals surface area contributed by atoms with Crippen LogP contribution in [0.1, 0.15) is 30.9 Å². The zero-order valence-corrected chi connectivity index (χ0v) is 10.1. The SMILES string of the molecule is CCCCOc1cc(C)c(OC)cc1C. The molecule has 1 rings (SSSR count).